The predicted octanol–water partition coefficient (Wildman–Crippen LogP) is 3.01. The first-order chi connectivity index (χ1) is 10.7. The van der Waals surface area contributed by atoms with Crippen LogP contribution in [0.3, 0.4) is 0 Å². The molecule has 1 aliphatic heterocycles. The summed E-state index contributed by atoms with van der Waals surface area (Å²) in [6.45, 7) is 0. The van der Waals surface area contributed by atoms with Crippen molar-refractivity contribution >= 4 is 16.9 Å². The third-order valence-corrected chi connectivity index (χ3v) is 5.34. The molecule has 1 aromatic heterocycles. The SMILES string of the molecule is COC(=O)[C@H]1Cc2c([nH]c3ccccc23)C2(CCCCC2)N1. The molecule has 0 unspecified atom stereocenters. The minimum absolute atomic E-state index is 0.0935. The Morgan fingerprint density at radius 2 is 2.00 bits per heavy atom. The van der Waals surface area contributed by atoms with Gasteiger partial charge in [0.2, 0.25) is 0 Å². The second kappa shape index (κ2) is 5.13. The van der Waals surface area contributed by atoms with Crippen LogP contribution in [0.1, 0.15) is 43.4 Å². The lowest BCUT2D eigenvalue weighted by atomic mass is 9.74. The number of aromatic amines is 1. The lowest BCUT2D eigenvalue weighted by molar-refractivity contribution is -0.144. The molecule has 1 saturated carbocycles. The molecular formula is C18H22N2O2. The molecule has 4 heteroatoms. The van der Waals surface area contributed by atoms with Crippen LogP contribution in [0.25, 0.3) is 10.9 Å². The number of para-hydroxylation sites is 1. The van der Waals surface area contributed by atoms with Gasteiger partial charge in [-0.2, -0.15) is 0 Å². The number of benzene rings is 1. The summed E-state index contributed by atoms with van der Waals surface area (Å²) in [5.74, 6) is -0.152. The number of carbonyl (C=O) groups is 1. The molecule has 4 rings (SSSR count). The first kappa shape index (κ1) is 13.8. The summed E-state index contributed by atoms with van der Waals surface area (Å²) in [4.78, 5) is 15.8. The van der Waals surface area contributed by atoms with E-state index >= 15 is 0 Å². The van der Waals surface area contributed by atoms with Gasteiger partial charge >= 0.3 is 5.97 Å². The van der Waals surface area contributed by atoms with Gasteiger partial charge in [0.25, 0.3) is 0 Å². The van der Waals surface area contributed by atoms with Crippen LogP contribution in [-0.2, 0) is 21.5 Å². The van der Waals surface area contributed by atoms with Crippen LogP contribution in [0.15, 0.2) is 24.3 Å². The monoisotopic (exact) mass is 298 g/mol. The Bertz CT molecular complexity index is 713. The van der Waals surface area contributed by atoms with Crippen LogP contribution < -0.4 is 5.32 Å². The molecule has 2 aliphatic rings. The van der Waals surface area contributed by atoms with E-state index in [-0.39, 0.29) is 17.6 Å². The van der Waals surface area contributed by atoms with Gasteiger partial charge in [-0.15, -0.1) is 0 Å². The zero-order valence-electron chi connectivity index (χ0n) is 12.9. The van der Waals surface area contributed by atoms with E-state index in [0.717, 1.165) is 12.8 Å². The van der Waals surface area contributed by atoms with E-state index in [1.54, 1.807) is 0 Å². The molecule has 1 aliphatic carbocycles. The second-order valence-electron chi connectivity index (χ2n) is 6.59. The highest BCUT2D eigenvalue weighted by molar-refractivity contribution is 5.87. The lowest BCUT2D eigenvalue weighted by Gasteiger charge is -2.44. The van der Waals surface area contributed by atoms with Crippen molar-refractivity contribution in [3.8, 4) is 0 Å². The topological polar surface area (TPSA) is 54.1 Å². The van der Waals surface area contributed by atoms with Crippen LogP contribution in [0, 0.1) is 0 Å². The van der Waals surface area contributed by atoms with Crippen molar-refractivity contribution in [3.63, 3.8) is 0 Å². The fraction of sp³-hybridized carbons (Fsp3) is 0.500. The molecule has 1 atom stereocenters. The molecule has 2 aromatic rings. The third-order valence-electron chi connectivity index (χ3n) is 5.34. The van der Waals surface area contributed by atoms with Crippen molar-refractivity contribution in [1.29, 1.82) is 0 Å². The van der Waals surface area contributed by atoms with Crippen molar-refractivity contribution in [2.24, 2.45) is 0 Å². The zero-order chi connectivity index (χ0) is 15.2. The summed E-state index contributed by atoms with van der Waals surface area (Å²) in [5.41, 5.74) is 3.67. The van der Waals surface area contributed by atoms with Crippen LogP contribution >= 0.6 is 0 Å². The maximum absolute atomic E-state index is 12.2. The lowest BCUT2D eigenvalue weighted by Crippen LogP contribution is -2.56. The summed E-state index contributed by atoms with van der Waals surface area (Å²) < 4.78 is 5.02. The average Bonchev–Trinajstić information content (AvgIpc) is 2.95. The molecule has 4 nitrogen and oxygen atoms in total. The van der Waals surface area contributed by atoms with Gasteiger partial charge in [-0.05, 0) is 24.5 Å². The fourth-order valence-corrected chi connectivity index (χ4v) is 4.32. The Balaban J connectivity index is 1.88. The van der Waals surface area contributed by atoms with Crippen molar-refractivity contribution in [3.05, 3.63) is 35.5 Å². The van der Waals surface area contributed by atoms with Crippen LogP contribution in [0.4, 0.5) is 0 Å². The van der Waals surface area contributed by atoms with Gasteiger partial charge in [0, 0.05) is 23.0 Å². The molecule has 0 saturated heterocycles. The number of fused-ring (bicyclic) bond motifs is 4. The number of ether oxygens (including phenoxy) is 1. The Morgan fingerprint density at radius 1 is 1.23 bits per heavy atom. The van der Waals surface area contributed by atoms with E-state index < -0.39 is 0 Å². The molecule has 2 N–H and O–H groups in total. The first-order valence-corrected chi connectivity index (χ1v) is 8.19. The Morgan fingerprint density at radius 3 is 2.77 bits per heavy atom. The molecule has 0 bridgehead atoms. The molecule has 0 radical (unpaired) electrons. The van der Waals surface area contributed by atoms with Gasteiger partial charge in [-0.25, -0.2) is 0 Å². The van der Waals surface area contributed by atoms with E-state index in [4.69, 9.17) is 4.74 Å². The standard InChI is InChI=1S/C18H22N2O2/c1-22-17(21)15-11-13-12-7-3-4-8-14(12)19-16(13)18(20-15)9-5-2-6-10-18/h3-4,7-8,15,19-20H,2,5-6,9-11H2,1H3/t15-/m1/s1. The first-order valence-electron chi connectivity index (χ1n) is 8.19. The van der Waals surface area contributed by atoms with E-state index in [1.807, 2.05) is 0 Å². The van der Waals surface area contributed by atoms with Gasteiger partial charge in [0.15, 0.2) is 0 Å². The number of nitrogens with one attached hydrogen (secondary N) is 2. The quantitative estimate of drug-likeness (QED) is 0.796. The maximum Gasteiger partial charge on any atom is 0.323 e. The number of esters is 1. The minimum atomic E-state index is -0.241. The van der Waals surface area contributed by atoms with Crippen molar-refractivity contribution in [2.45, 2.75) is 50.1 Å². The van der Waals surface area contributed by atoms with Gasteiger partial charge in [-0.1, -0.05) is 37.5 Å². The van der Waals surface area contributed by atoms with E-state index in [9.17, 15) is 4.79 Å². The Kier molecular flexibility index (Phi) is 3.22. The highest BCUT2D eigenvalue weighted by Gasteiger charge is 2.44. The number of carbonyl (C=O) groups excluding carboxylic acids is 1. The molecule has 1 fully saturated rings. The highest BCUT2D eigenvalue weighted by Crippen LogP contribution is 2.43. The second-order valence-corrected chi connectivity index (χ2v) is 6.59. The molecule has 2 heterocycles. The summed E-state index contributed by atoms with van der Waals surface area (Å²) in [6.07, 6.45) is 6.56. The smallest absolute Gasteiger partial charge is 0.323 e. The van der Waals surface area contributed by atoms with Crippen LogP contribution in [0.2, 0.25) is 0 Å². The van der Waals surface area contributed by atoms with E-state index in [1.165, 1.54) is 48.5 Å². The van der Waals surface area contributed by atoms with Gasteiger partial charge in [0.05, 0.1) is 12.6 Å². The summed E-state index contributed by atoms with van der Waals surface area (Å²) in [6, 6.07) is 8.16. The number of rotatable bonds is 1. The molecule has 1 spiro atoms. The number of H-pyrrole nitrogens is 1. The molecule has 1 aromatic carbocycles. The van der Waals surface area contributed by atoms with Crippen LogP contribution in [0.5, 0.6) is 0 Å². The minimum Gasteiger partial charge on any atom is -0.468 e. The average molecular weight is 298 g/mol. The van der Waals surface area contributed by atoms with Gasteiger partial charge in [0.1, 0.15) is 6.04 Å². The van der Waals surface area contributed by atoms with Crippen LogP contribution in [-0.4, -0.2) is 24.1 Å². The summed E-state index contributed by atoms with van der Waals surface area (Å²) in [7, 11) is 1.47. The summed E-state index contributed by atoms with van der Waals surface area (Å²) in [5, 5.41) is 4.88. The Hall–Kier alpha value is -1.81. The van der Waals surface area contributed by atoms with Crippen molar-refractivity contribution in [2.75, 3.05) is 7.11 Å². The zero-order valence-corrected chi connectivity index (χ0v) is 12.9. The third kappa shape index (κ3) is 1.97. The van der Waals surface area contributed by atoms with Gasteiger partial charge < -0.3 is 9.72 Å². The largest absolute Gasteiger partial charge is 0.468 e. The van der Waals surface area contributed by atoms with Crippen molar-refractivity contribution in [1.82, 2.24) is 10.3 Å². The van der Waals surface area contributed by atoms with E-state index in [2.05, 4.69) is 34.6 Å². The summed E-state index contributed by atoms with van der Waals surface area (Å²) >= 11 is 0. The fourth-order valence-electron chi connectivity index (χ4n) is 4.32. The number of aromatic nitrogens is 1. The number of methoxy groups -OCH3 is 1. The van der Waals surface area contributed by atoms with Crippen molar-refractivity contribution < 1.29 is 9.53 Å². The number of hydrogen-bond acceptors (Lipinski definition) is 3. The molecule has 116 valence electrons. The predicted molar refractivity (Wildman–Crippen MR) is 85.7 cm³/mol. The highest BCUT2D eigenvalue weighted by atomic mass is 16.5. The van der Waals surface area contributed by atoms with E-state index in [0.29, 0.717) is 6.42 Å². The molecule has 22 heavy (non-hydrogen) atoms. The molecular weight excluding hydrogens is 276 g/mol. The number of hydrogen-bond donors (Lipinski definition) is 2. The maximum atomic E-state index is 12.2. The Labute approximate surface area is 130 Å². The van der Waals surface area contributed by atoms with Gasteiger partial charge in [-0.3, -0.25) is 10.1 Å². The molecule has 0 amide bonds. The normalized spacial score (nSPS) is 23.4.